The van der Waals surface area contributed by atoms with E-state index in [1.165, 1.54) is 5.56 Å². The average molecular weight is 288 g/mol. The Morgan fingerprint density at radius 2 is 2.30 bits per heavy atom. The highest BCUT2D eigenvalue weighted by molar-refractivity contribution is 7.99. The third-order valence-corrected chi connectivity index (χ3v) is 4.67. The zero-order valence-corrected chi connectivity index (χ0v) is 12.1. The van der Waals surface area contributed by atoms with Gasteiger partial charge in [-0.25, -0.2) is 0 Å². The lowest BCUT2D eigenvalue weighted by molar-refractivity contribution is -0.115. The summed E-state index contributed by atoms with van der Waals surface area (Å²) in [6, 6.07) is 9.91. The molecule has 5 heteroatoms. The van der Waals surface area contributed by atoms with Gasteiger partial charge in [0.05, 0.1) is 10.9 Å². The van der Waals surface area contributed by atoms with E-state index in [0.717, 1.165) is 30.0 Å². The molecule has 104 valence electrons. The van der Waals surface area contributed by atoms with Crippen LogP contribution in [-0.2, 0) is 17.0 Å². The first kappa shape index (κ1) is 13.2. The molecule has 0 saturated heterocycles. The number of carbonyl (C=O) groups excluding carboxylic acids is 1. The molecular weight excluding hydrogens is 272 g/mol. The van der Waals surface area contributed by atoms with Gasteiger partial charge in [0.2, 0.25) is 5.91 Å². The maximum absolute atomic E-state index is 12.2. The van der Waals surface area contributed by atoms with Crippen molar-refractivity contribution in [2.75, 3.05) is 5.32 Å². The molecule has 2 heterocycles. The Bertz CT molecular complexity index is 624. The summed E-state index contributed by atoms with van der Waals surface area (Å²) in [4.78, 5) is 12.2. The average Bonchev–Trinajstić information content (AvgIpc) is 2.78. The van der Waals surface area contributed by atoms with E-state index in [1.54, 1.807) is 11.8 Å². The highest BCUT2D eigenvalue weighted by atomic mass is 32.2. The van der Waals surface area contributed by atoms with Crippen LogP contribution in [0.1, 0.15) is 23.4 Å². The number of rotatable bonds is 3. The Balaban J connectivity index is 1.65. The molecule has 1 aliphatic heterocycles. The van der Waals surface area contributed by atoms with Crippen molar-refractivity contribution in [3.63, 3.8) is 0 Å². The second-order valence-corrected chi connectivity index (χ2v) is 6.10. The van der Waals surface area contributed by atoms with Gasteiger partial charge >= 0.3 is 0 Å². The summed E-state index contributed by atoms with van der Waals surface area (Å²) in [6.45, 7) is 1.87. The number of anilines is 1. The van der Waals surface area contributed by atoms with Crippen LogP contribution < -0.4 is 5.32 Å². The first-order chi connectivity index (χ1) is 9.72. The minimum absolute atomic E-state index is 0.0422. The summed E-state index contributed by atoms with van der Waals surface area (Å²) < 4.78 is 5.04. The molecule has 4 nitrogen and oxygen atoms in total. The molecule has 1 aromatic carbocycles. The molecule has 0 aliphatic carbocycles. The van der Waals surface area contributed by atoms with Crippen LogP contribution in [0.5, 0.6) is 0 Å². The molecule has 3 rings (SSSR count). The number of para-hydroxylation sites is 1. The van der Waals surface area contributed by atoms with Gasteiger partial charge in [-0.3, -0.25) is 4.79 Å². The number of nitrogens with one attached hydrogen (secondary N) is 1. The first-order valence-corrected chi connectivity index (χ1v) is 7.70. The maximum Gasteiger partial charge on any atom is 0.237 e. The highest BCUT2D eigenvalue weighted by Crippen LogP contribution is 2.28. The smallest absolute Gasteiger partial charge is 0.237 e. The fourth-order valence-corrected chi connectivity index (χ4v) is 3.32. The second-order valence-electron chi connectivity index (χ2n) is 4.91. The van der Waals surface area contributed by atoms with Gasteiger partial charge < -0.3 is 9.84 Å². The summed E-state index contributed by atoms with van der Waals surface area (Å²) in [5, 5.41) is 6.93. The number of nitrogens with zero attached hydrogens (tertiary/aromatic N) is 1. The number of aromatic nitrogens is 1. The standard InChI is InChI=1S/C15H16N2O2S/c1-10-8-12(17-19-10)9-20-14-7-6-11-4-2-3-5-13(11)16-15(14)18/h2-5,8,14H,6-7,9H2,1H3,(H,16,18). The third kappa shape index (κ3) is 2.88. The Labute approximate surface area is 121 Å². The molecule has 1 N–H and O–H groups in total. The van der Waals surface area contributed by atoms with Gasteiger partial charge in [0.25, 0.3) is 0 Å². The van der Waals surface area contributed by atoms with Crippen LogP contribution in [0, 0.1) is 6.92 Å². The summed E-state index contributed by atoms with van der Waals surface area (Å²) in [5.74, 6) is 1.59. The summed E-state index contributed by atoms with van der Waals surface area (Å²) in [6.07, 6.45) is 1.77. The van der Waals surface area contributed by atoms with Gasteiger partial charge in [0.1, 0.15) is 5.76 Å². The van der Waals surface area contributed by atoms with Crippen LogP contribution in [0.15, 0.2) is 34.9 Å². The number of benzene rings is 1. The van der Waals surface area contributed by atoms with Gasteiger partial charge in [0.15, 0.2) is 0 Å². The predicted octanol–water partition coefficient (Wildman–Crippen LogP) is 3.17. The maximum atomic E-state index is 12.2. The SMILES string of the molecule is Cc1cc(CSC2CCc3ccccc3NC2=O)no1. The molecule has 0 fully saturated rings. The van der Waals surface area contributed by atoms with Crippen molar-refractivity contribution in [1.29, 1.82) is 0 Å². The number of fused-ring (bicyclic) bond motifs is 1. The van der Waals surface area contributed by atoms with Gasteiger partial charge in [-0.05, 0) is 31.4 Å². The van der Waals surface area contributed by atoms with E-state index in [0.29, 0.717) is 5.75 Å². The fourth-order valence-electron chi connectivity index (χ4n) is 2.32. The Morgan fingerprint density at radius 3 is 3.10 bits per heavy atom. The fraction of sp³-hybridized carbons (Fsp3) is 0.333. The Hall–Kier alpha value is -1.75. The number of aryl methyl sites for hydroxylation is 2. The molecule has 0 spiro atoms. The summed E-state index contributed by atoms with van der Waals surface area (Å²) in [5.41, 5.74) is 3.04. The zero-order chi connectivity index (χ0) is 13.9. The van der Waals surface area contributed by atoms with Crippen LogP contribution in [0.25, 0.3) is 0 Å². The van der Waals surface area contributed by atoms with Crippen molar-refractivity contribution in [2.24, 2.45) is 0 Å². The molecule has 0 saturated carbocycles. The topological polar surface area (TPSA) is 55.1 Å². The minimum atomic E-state index is -0.0422. The van der Waals surface area contributed by atoms with Gasteiger partial charge in [0, 0.05) is 17.5 Å². The van der Waals surface area contributed by atoms with E-state index in [-0.39, 0.29) is 11.2 Å². The second kappa shape index (κ2) is 5.71. The lowest BCUT2D eigenvalue weighted by Gasteiger charge is -2.11. The van der Waals surface area contributed by atoms with Crippen molar-refractivity contribution in [3.05, 3.63) is 47.3 Å². The first-order valence-electron chi connectivity index (χ1n) is 6.65. The lowest BCUT2D eigenvalue weighted by Crippen LogP contribution is -2.23. The van der Waals surface area contributed by atoms with Crippen LogP contribution in [0.2, 0.25) is 0 Å². The van der Waals surface area contributed by atoms with Gasteiger partial charge in [-0.2, -0.15) is 0 Å². The molecule has 20 heavy (non-hydrogen) atoms. The van der Waals surface area contributed by atoms with E-state index in [1.807, 2.05) is 31.2 Å². The predicted molar refractivity (Wildman–Crippen MR) is 79.7 cm³/mol. The third-order valence-electron chi connectivity index (χ3n) is 3.35. The molecule has 1 atom stereocenters. The van der Waals surface area contributed by atoms with Gasteiger partial charge in [-0.15, -0.1) is 11.8 Å². The summed E-state index contributed by atoms with van der Waals surface area (Å²) >= 11 is 1.62. The monoisotopic (exact) mass is 288 g/mol. The quantitative estimate of drug-likeness (QED) is 0.942. The number of hydrogen-bond acceptors (Lipinski definition) is 4. The largest absolute Gasteiger partial charge is 0.361 e. The van der Waals surface area contributed by atoms with E-state index in [4.69, 9.17) is 4.52 Å². The van der Waals surface area contributed by atoms with E-state index < -0.39 is 0 Å². The molecule has 1 amide bonds. The number of hydrogen-bond donors (Lipinski definition) is 1. The number of amides is 1. The zero-order valence-electron chi connectivity index (χ0n) is 11.3. The van der Waals surface area contributed by atoms with Crippen LogP contribution in [0.3, 0.4) is 0 Å². The molecule has 0 bridgehead atoms. The molecule has 1 aliphatic rings. The normalized spacial score (nSPS) is 18.2. The van der Waals surface area contributed by atoms with E-state index >= 15 is 0 Å². The van der Waals surface area contributed by atoms with Crippen molar-refractivity contribution in [1.82, 2.24) is 5.16 Å². The van der Waals surface area contributed by atoms with Gasteiger partial charge in [-0.1, -0.05) is 23.4 Å². The molecular formula is C15H16N2O2S. The lowest BCUT2D eigenvalue weighted by atomic mass is 10.1. The molecule has 1 unspecified atom stereocenters. The molecule has 1 aromatic heterocycles. The highest BCUT2D eigenvalue weighted by Gasteiger charge is 2.24. The summed E-state index contributed by atoms with van der Waals surface area (Å²) in [7, 11) is 0. The Morgan fingerprint density at radius 1 is 1.45 bits per heavy atom. The molecule has 2 aromatic rings. The van der Waals surface area contributed by atoms with E-state index in [9.17, 15) is 4.79 Å². The van der Waals surface area contributed by atoms with Crippen LogP contribution in [0.4, 0.5) is 5.69 Å². The van der Waals surface area contributed by atoms with Crippen molar-refractivity contribution in [2.45, 2.75) is 30.8 Å². The van der Waals surface area contributed by atoms with Crippen LogP contribution in [-0.4, -0.2) is 16.3 Å². The van der Waals surface area contributed by atoms with E-state index in [2.05, 4.69) is 16.5 Å². The minimum Gasteiger partial charge on any atom is -0.361 e. The van der Waals surface area contributed by atoms with Crippen molar-refractivity contribution in [3.8, 4) is 0 Å². The van der Waals surface area contributed by atoms with Crippen molar-refractivity contribution < 1.29 is 9.32 Å². The Kier molecular flexibility index (Phi) is 3.78. The number of thioether (sulfide) groups is 1. The number of carbonyl (C=O) groups is 1. The van der Waals surface area contributed by atoms with Crippen molar-refractivity contribution >= 4 is 23.4 Å². The van der Waals surface area contributed by atoms with Crippen LogP contribution >= 0.6 is 11.8 Å². The molecule has 0 radical (unpaired) electrons.